The average Bonchev–Trinajstić information content (AvgIpc) is 2.98. The van der Waals surface area contributed by atoms with Gasteiger partial charge in [0, 0.05) is 24.8 Å². The number of hydrogen-bond acceptors (Lipinski definition) is 4. The molecule has 1 heterocycles. The molecule has 0 atom stereocenters. The zero-order chi connectivity index (χ0) is 14.0. The van der Waals surface area contributed by atoms with Gasteiger partial charge in [0.15, 0.2) is 0 Å². The largest absolute Gasteiger partial charge is 0.494 e. The van der Waals surface area contributed by atoms with Crippen molar-refractivity contribution in [2.45, 2.75) is 19.3 Å². The summed E-state index contributed by atoms with van der Waals surface area (Å²) < 4.78 is 5.53. The molecule has 1 aromatic carbocycles. The summed E-state index contributed by atoms with van der Waals surface area (Å²) in [6.45, 7) is 1.20. The maximum atomic E-state index is 11.6. The molecule has 2 aromatic rings. The van der Waals surface area contributed by atoms with E-state index in [-0.39, 0.29) is 5.91 Å². The minimum absolute atomic E-state index is 0.0666. The first-order valence-corrected chi connectivity index (χ1v) is 7.60. The number of hydrogen-bond donors (Lipinski definition) is 1. The third-order valence-corrected chi connectivity index (χ3v) is 3.38. The molecule has 0 saturated carbocycles. The van der Waals surface area contributed by atoms with E-state index < -0.39 is 0 Å². The van der Waals surface area contributed by atoms with Gasteiger partial charge in [-0.3, -0.25) is 4.79 Å². The Morgan fingerprint density at radius 1 is 1.30 bits per heavy atom. The third kappa shape index (κ3) is 5.40. The van der Waals surface area contributed by atoms with E-state index in [0.717, 1.165) is 24.3 Å². The van der Waals surface area contributed by atoms with Gasteiger partial charge in [0.1, 0.15) is 5.75 Å². The number of carbonyl (C=O) groups is 1. The van der Waals surface area contributed by atoms with Gasteiger partial charge in [-0.15, -0.1) is 11.3 Å². The fourth-order valence-corrected chi connectivity index (χ4v) is 2.31. The van der Waals surface area contributed by atoms with Crippen LogP contribution in [0.25, 0.3) is 0 Å². The molecule has 5 heteroatoms. The van der Waals surface area contributed by atoms with Crippen molar-refractivity contribution in [2.24, 2.45) is 0 Å². The predicted molar refractivity (Wildman–Crippen MR) is 80.0 cm³/mol. The second kappa shape index (κ2) is 8.32. The minimum Gasteiger partial charge on any atom is -0.494 e. The highest BCUT2D eigenvalue weighted by Gasteiger charge is 2.02. The van der Waals surface area contributed by atoms with E-state index in [9.17, 15) is 4.79 Å². The lowest BCUT2D eigenvalue weighted by atomic mass is 10.3. The highest BCUT2D eigenvalue weighted by molar-refractivity contribution is 7.07. The third-order valence-electron chi connectivity index (χ3n) is 2.75. The first-order valence-electron chi connectivity index (χ1n) is 6.66. The number of aromatic nitrogens is 1. The average molecular weight is 290 g/mol. The van der Waals surface area contributed by atoms with Gasteiger partial charge in [0.05, 0.1) is 17.8 Å². The summed E-state index contributed by atoms with van der Waals surface area (Å²) in [5.74, 6) is 0.910. The standard InChI is InChI=1S/C15H18N2O2S/c18-15(16-9-8-13-11-20-12-17-13)7-4-10-19-14-5-2-1-3-6-14/h1-3,5-6,11-12H,4,7-10H2,(H,16,18). The summed E-state index contributed by atoms with van der Waals surface area (Å²) in [5, 5.41) is 4.89. The van der Waals surface area contributed by atoms with Crippen LogP contribution < -0.4 is 10.1 Å². The number of thiazole rings is 1. The second-order valence-corrected chi connectivity index (χ2v) is 5.06. The Morgan fingerprint density at radius 2 is 2.15 bits per heavy atom. The van der Waals surface area contributed by atoms with Gasteiger partial charge in [-0.2, -0.15) is 0 Å². The molecule has 4 nitrogen and oxygen atoms in total. The predicted octanol–water partition coefficient (Wildman–Crippen LogP) is 2.66. The molecule has 0 unspecified atom stereocenters. The van der Waals surface area contributed by atoms with Crippen LogP contribution in [0.4, 0.5) is 0 Å². The van der Waals surface area contributed by atoms with Gasteiger partial charge in [-0.05, 0) is 18.6 Å². The zero-order valence-electron chi connectivity index (χ0n) is 11.2. The maximum Gasteiger partial charge on any atom is 0.220 e. The minimum atomic E-state index is 0.0666. The number of benzene rings is 1. The van der Waals surface area contributed by atoms with E-state index in [1.54, 1.807) is 16.8 Å². The van der Waals surface area contributed by atoms with Crippen molar-refractivity contribution in [1.82, 2.24) is 10.3 Å². The molecule has 1 amide bonds. The molecule has 0 spiro atoms. The highest BCUT2D eigenvalue weighted by Crippen LogP contribution is 2.08. The maximum absolute atomic E-state index is 11.6. The van der Waals surface area contributed by atoms with E-state index in [1.165, 1.54) is 0 Å². The van der Waals surface area contributed by atoms with E-state index in [1.807, 2.05) is 35.7 Å². The molecular formula is C15H18N2O2S. The van der Waals surface area contributed by atoms with E-state index in [4.69, 9.17) is 4.74 Å². The van der Waals surface area contributed by atoms with Crippen molar-refractivity contribution in [1.29, 1.82) is 0 Å². The lowest BCUT2D eigenvalue weighted by Crippen LogP contribution is -2.25. The van der Waals surface area contributed by atoms with Crippen molar-refractivity contribution in [2.75, 3.05) is 13.2 Å². The SMILES string of the molecule is O=C(CCCOc1ccccc1)NCCc1cscn1. The molecule has 106 valence electrons. The summed E-state index contributed by atoms with van der Waals surface area (Å²) in [6.07, 6.45) is 2.00. The van der Waals surface area contributed by atoms with E-state index >= 15 is 0 Å². The first kappa shape index (κ1) is 14.5. The molecular weight excluding hydrogens is 272 g/mol. The van der Waals surface area contributed by atoms with Crippen molar-refractivity contribution in [3.05, 3.63) is 46.9 Å². The fourth-order valence-electron chi connectivity index (χ4n) is 1.72. The molecule has 0 saturated heterocycles. The van der Waals surface area contributed by atoms with Crippen LogP contribution in [-0.4, -0.2) is 24.0 Å². The molecule has 2 rings (SSSR count). The number of ether oxygens (including phenoxy) is 1. The summed E-state index contributed by atoms with van der Waals surface area (Å²) in [7, 11) is 0. The van der Waals surface area contributed by atoms with Crippen LogP contribution in [0.15, 0.2) is 41.2 Å². The monoisotopic (exact) mass is 290 g/mol. The molecule has 0 aliphatic rings. The van der Waals surface area contributed by atoms with Crippen molar-refractivity contribution < 1.29 is 9.53 Å². The van der Waals surface area contributed by atoms with Gasteiger partial charge in [-0.25, -0.2) is 4.98 Å². The molecule has 0 bridgehead atoms. The van der Waals surface area contributed by atoms with Crippen LogP contribution in [0, 0.1) is 0 Å². The van der Waals surface area contributed by atoms with Crippen LogP contribution in [0.1, 0.15) is 18.5 Å². The number of amides is 1. The summed E-state index contributed by atoms with van der Waals surface area (Å²) in [6, 6.07) is 9.63. The lowest BCUT2D eigenvalue weighted by Gasteiger charge is -2.06. The van der Waals surface area contributed by atoms with Gasteiger partial charge in [0.25, 0.3) is 0 Å². The Hall–Kier alpha value is -1.88. The Kier molecular flexibility index (Phi) is 6.05. The molecule has 1 N–H and O–H groups in total. The van der Waals surface area contributed by atoms with Crippen LogP contribution in [-0.2, 0) is 11.2 Å². The summed E-state index contributed by atoms with van der Waals surface area (Å²) >= 11 is 1.57. The number of rotatable bonds is 8. The Morgan fingerprint density at radius 3 is 2.90 bits per heavy atom. The Bertz CT molecular complexity index is 500. The zero-order valence-corrected chi connectivity index (χ0v) is 12.1. The molecule has 0 fully saturated rings. The van der Waals surface area contributed by atoms with Gasteiger partial charge in [-0.1, -0.05) is 18.2 Å². The van der Waals surface area contributed by atoms with Crippen molar-refractivity contribution in [3.8, 4) is 5.75 Å². The van der Waals surface area contributed by atoms with Crippen molar-refractivity contribution in [3.63, 3.8) is 0 Å². The van der Waals surface area contributed by atoms with Gasteiger partial charge in [0.2, 0.25) is 5.91 Å². The van der Waals surface area contributed by atoms with Crippen LogP contribution >= 0.6 is 11.3 Å². The molecule has 0 aliphatic heterocycles. The highest BCUT2D eigenvalue weighted by atomic mass is 32.1. The van der Waals surface area contributed by atoms with Crippen LogP contribution in [0.2, 0.25) is 0 Å². The molecule has 20 heavy (non-hydrogen) atoms. The Labute approximate surface area is 122 Å². The lowest BCUT2D eigenvalue weighted by molar-refractivity contribution is -0.121. The smallest absolute Gasteiger partial charge is 0.220 e. The first-order chi connectivity index (χ1) is 9.84. The Balaban J connectivity index is 1.52. The summed E-state index contributed by atoms with van der Waals surface area (Å²) in [4.78, 5) is 15.8. The van der Waals surface area contributed by atoms with Crippen LogP contribution in [0.3, 0.4) is 0 Å². The fraction of sp³-hybridized carbons (Fsp3) is 0.333. The molecule has 1 aromatic heterocycles. The second-order valence-electron chi connectivity index (χ2n) is 4.34. The number of nitrogens with zero attached hydrogens (tertiary/aromatic N) is 1. The van der Waals surface area contributed by atoms with Gasteiger partial charge < -0.3 is 10.1 Å². The number of carbonyl (C=O) groups excluding carboxylic acids is 1. The quantitative estimate of drug-likeness (QED) is 0.760. The summed E-state index contributed by atoms with van der Waals surface area (Å²) in [5.41, 5.74) is 2.83. The van der Waals surface area contributed by atoms with Crippen LogP contribution in [0.5, 0.6) is 5.75 Å². The number of nitrogens with one attached hydrogen (secondary N) is 1. The molecule has 0 radical (unpaired) electrons. The van der Waals surface area contributed by atoms with Crippen molar-refractivity contribution >= 4 is 17.2 Å². The topological polar surface area (TPSA) is 51.2 Å². The van der Waals surface area contributed by atoms with Gasteiger partial charge >= 0.3 is 0 Å². The normalized spacial score (nSPS) is 10.2. The van der Waals surface area contributed by atoms with E-state index in [2.05, 4.69) is 10.3 Å². The van der Waals surface area contributed by atoms with E-state index in [0.29, 0.717) is 19.6 Å². The number of para-hydroxylation sites is 1. The molecule has 0 aliphatic carbocycles.